The average molecular weight is 370 g/mol. The van der Waals surface area contributed by atoms with Gasteiger partial charge in [-0.1, -0.05) is 17.7 Å². The fraction of sp³-hybridized carbons (Fsp3) is 0.300. The first-order chi connectivity index (χ1) is 13.0. The Balaban J connectivity index is 1.42. The molecule has 0 unspecified atom stereocenters. The molecule has 1 fully saturated rings. The zero-order valence-electron chi connectivity index (χ0n) is 15.2. The molecule has 142 valence electrons. The number of rotatable bonds is 4. The van der Waals surface area contributed by atoms with Crippen molar-refractivity contribution in [1.82, 2.24) is 9.80 Å². The predicted molar refractivity (Wildman–Crippen MR) is 103 cm³/mol. The second-order valence-corrected chi connectivity index (χ2v) is 6.61. The highest BCUT2D eigenvalue weighted by Gasteiger charge is 2.22. The Morgan fingerprint density at radius 3 is 2.07 bits per heavy atom. The fourth-order valence-corrected chi connectivity index (χ4v) is 2.89. The van der Waals surface area contributed by atoms with E-state index in [0.29, 0.717) is 31.9 Å². The molecule has 1 saturated heterocycles. The van der Waals surface area contributed by atoms with Crippen molar-refractivity contribution in [2.24, 2.45) is 0 Å². The molecule has 0 aromatic heterocycles. The number of urea groups is 1. The predicted octanol–water partition coefficient (Wildman–Crippen LogP) is 2.92. The van der Waals surface area contributed by atoms with Crippen LogP contribution < -0.4 is 10.6 Å². The lowest BCUT2D eigenvalue weighted by molar-refractivity contribution is -0.117. The number of nitrogens with one attached hydrogen (secondary N) is 2. The van der Waals surface area contributed by atoms with Gasteiger partial charge in [-0.2, -0.15) is 0 Å². The van der Waals surface area contributed by atoms with Crippen LogP contribution in [0.1, 0.15) is 5.56 Å². The van der Waals surface area contributed by atoms with Crippen LogP contribution in [0.25, 0.3) is 0 Å². The summed E-state index contributed by atoms with van der Waals surface area (Å²) in [5, 5.41) is 5.64. The van der Waals surface area contributed by atoms with E-state index in [2.05, 4.69) is 10.6 Å². The van der Waals surface area contributed by atoms with Gasteiger partial charge in [-0.05, 0) is 43.3 Å². The lowest BCUT2D eigenvalue weighted by atomic mass is 10.2. The molecule has 1 aliphatic rings. The number of aryl methyl sites for hydroxylation is 1. The van der Waals surface area contributed by atoms with Gasteiger partial charge < -0.3 is 15.5 Å². The minimum absolute atomic E-state index is 0.130. The van der Waals surface area contributed by atoms with E-state index in [1.807, 2.05) is 36.1 Å². The Morgan fingerprint density at radius 1 is 0.889 bits per heavy atom. The van der Waals surface area contributed by atoms with E-state index in [0.717, 1.165) is 11.3 Å². The first-order valence-electron chi connectivity index (χ1n) is 8.90. The summed E-state index contributed by atoms with van der Waals surface area (Å²) >= 11 is 0. The van der Waals surface area contributed by atoms with Gasteiger partial charge in [0.15, 0.2) is 0 Å². The Morgan fingerprint density at radius 2 is 1.44 bits per heavy atom. The largest absolute Gasteiger partial charge is 0.325 e. The van der Waals surface area contributed by atoms with Gasteiger partial charge in [-0.15, -0.1) is 0 Å². The summed E-state index contributed by atoms with van der Waals surface area (Å²) < 4.78 is 12.9. The number of carbonyl (C=O) groups excluding carboxylic acids is 2. The van der Waals surface area contributed by atoms with Gasteiger partial charge in [0.05, 0.1) is 6.54 Å². The van der Waals surface area contributed by atoms with E-state index in [9.17, 15) is 14.0 Å². The van der Waals surface area contributed by atoms with Crippen LogP contribution in [0.3, 0.4) is 0 Å². The van der Waals surface area contributed by atoms with Crippen LogP contribution in [-0.2, 0) is 4.79 Å². The maximum atomic E-state index is 12.9. The molecule has 0 bridgehead atoms. The van der Waals surface area contributed by atoms with Crippen molar-refractivity contribution < 1.29 is 14.0 Å². The molecule has 2 aromatic carbocycles. The molecule has 1 heterocycles. The summed E-state index contributed by atoms with van der Waals surface area (Å²) in [6.45, 7) is 4.60. The quantitative estimate of drug-likeness (QED) is 0.870. The van der Waals surface area contributed by atoms with E-state index >= 15 is 0 Å². The third kappa shape index (κ3) is 5.52. The monoisotopic (exact) mass is 370 g/mol. The molecule has 0 saturated carbocycles. The van der Waals surface area contributed by atoms with Crippen LogP contribution in [-0.4, -0.2) is 54.5 Å². The SMILES string of the molecule is Cc1ccc(NC(=O)N2CCN(CC(=O)Nc3ccc(F)cc3)CC2)cc1. The lowest BCUT2D eigenvalue weighted by Crippen LogP contribution is -2.51. The summed E-state index contributed by atoms with van der Waals surface area (Å²) in [7, 11) is 0. The average Bonchev–Trinajstić information content (AvgIpc) is 2.66. The van der Waals surface area contributed by atoms with Crippen LogP contribution >= 0.6 is 0 Å². The van der Waals surface area contributed by atoms with Crippen LogP contribution in [0, 0.1) is 12.7 Å². The summed E-state index contributed by atoms with van der Waals surface area (Å²) in [6, 6.07) is 13.2. The number of hydrogen-bond donors (Lipinski definition) is 2. The number of carbonyl (C=O) groups is 2. The van der Waals surface area contributed by atoms with E-state index in [1.54, 1.807) is 4.90 Å². The van der Waals surface area contributed by atoms with Crippen molar-refractivity contribution in [3.8, 4) is 0 Å². The summed E-state index contributed by atoms with van der Waals surface area (Å²) in [5.41, 5.74) is 2.48. The van der Waals surface area contributed by atoms with Crippen LogP contribution in [0.15, 0.2) is 48.5 Å². The first kappa shape index (κ1) is 18.8. The topological polar surface area (TPSA) is 64.7 Å². The normalized spacial score (nSPS) is 14.7. The number of amides is 3. The minimum atomic E-state index is -0.340. The van der Waals surface area contributed by atoms with E-state index in [-0.39, 0.29) is 24.3 Å². The van der Waals surface area contributed by atoms with Crippen molar-refractivity contribution in [3.63, 3.8) is 0 Å². The third-order valence-electron chi connectivity index (χ3n) is 4.46. The highest BCUT2D eigenvalue weighted by molar-refractivity contribution is 5.92. The molecule has 3 rings (SSSR count). The molecular weight excluding hydrogens is 347 g/mol. The number of hydrogen-bond acceptors (Lipinski definition) is 3. The summed E-state index contributed by atoms with van der Waals surface area (Å²) in [4.78, 5) is 28.2. The van der Waals surface area contributed by atoms with Crippen molar-refractivity contribution >= 4 is 23.3 Å². The molecule has 1 aliphatic heterocycles. The van der Waals surface area contributed by atoms with Crippen LogP contribution in [0.2, 0.25) is 0 Å². The molecule has 27 heavy (non-hydrogen) atoms. The molecule has 6 nitrogen and oxygen atoms in total. The van der Waals surface area contributed by atoms with Gasteiger partial charge in [0.25, 0.3) is 0 Å². The third-order valence-corrected chi connectivity index (χ3v) is 4.46. The lowest BCUT2D eigenvalue weighted by Gasteiger charge is -2.34. The highest BCUT2D eigenvalue weighted by Crippen LogP contribution is 2.12. The summed E-state index contributed by atoms with van der Waals surface area (Å²) in [5.74, 6) is -0.493. The molecule has 3 amide bonds. The van der Waals surface area contributed by atoms with Gasteiger partial charge >= 0.3 is 6.03 Å². The molecule has 0 aliphatic carbocycles. The Kier molecular flexibility index (Phi) is 6.03. The first-order valence-corrected chi connectivity index (χ1v) is 8.90. The van der Waals surface area contributed by atoms with Crippen molar-refractivity contribution in [2.75, 3.05) is 43.4 Å². The van der Waals surface area contributed by atoms with Crippen LogP contribution in [0.4, 0.5) is 20.6 Å². The van der Waals surface area contributed by atoms with Gasteiger partial charge in [-0.25, -0.2) is 9.18 Å². The molecule has 2 aromatic rings. The maximum absolute atomic E-state index is 12.9. The maximum Gasteiger partial charge on any atom is 0.321 e. The van der Waals surface area contributed by atoms with Gasteiger partial charge in [0.1, 0.15) is 5.82 Å². The second-order valence-electron chi connectivity index (χ2n) is 6.61. The van der Waals surface area contributed by atoms with Crippen molar-refractivity contribution in [1.29, 1.82) is 0 Å². The van der Waals surface area contributed by atoms with E-state index in [4.69, 9.17) is 0 Å². The van der Waals surface area contributed by atoms with Crippen molar-refractivity contribution in [2.45, 2.75) is 6.92 Å². The number of piperazine rings is 1. The zero-order valence-corrected chi connectivity index (χ0v) is 15.2. The second kappa shape index (κ2) is 8.64. The zero-order chi connectivity index (χ0) is 19.2. The molecule has 0 radical (unpaired) electrons. The van der Waals surface area contributed by atoms with Crippen LogP contribution in [0.5, 0.6) is 0 Å². The number of halogens is 1. The molecule has 0 atom stereocenters. The van der Waals surface area contributed by atoms with E-state index < -0.39 is 0 Å². The van der Waals surface area contributed by atoms with Gasteiger partial charge in [-0.3, -0.25) is 9.69 Å². The number of nitrogens with zero attached hydrogens (tertiary/aromatic N) is 2. The number of benzene rings is 2. The smallest absolute Gasteiger partial charge is 0.321 e. The fourth-order valence-electron chi connectivity index (χ4n) is 2.89. The standard InChI is InChI=1S/C20H23FN4O2/c1-15-2-6-18(7-3-15)23-20(27)25-12-10-24(11-13-25)14-19(26)22-17-8-4-16(21)5-9-17/h2-9H,10-14H2,1H3,(H,22,26)(H,23,27). The Bertz CT molecular complexity index is 785. The highest BCUT2D eigenvalue weighted by atomic mass is 19.1. The molecule has 7 heteroatoms. The van der Waals surface area contributed by atoms with E-state index in [1.165, 1.54) is 24.3 Å². The van der Waals surface area contributed by atoms with Crippen molar-refractivity contribution in [3.05, 3.63) is 59.9 Å². The Hall–Kier alpha value is -2.93. The molecular formula is C20H23FN4O2. The summed E-state index contributed by atoms with van der Waals surface area (Å²) in [6.07, 6.45) is 0. The van der Waals surface area contributed by atoms with Gasteiger partial charge in [0, 0.05) is 37.6 Å². The Labute approximate surface area is 158 Å². The molecule has 0 spiro atoms. The number of anilines is 2. The molecule has 2 N–H and O–H groups in total. The minimum Gasteiger partial charge on any atom is -0.325 e. The van der Waals surface area contributed by atoms with Gasteiger partial charge in [0.2, 0.25) is 5.91 Å².